The molecule has 38 heavy (non-hydrogen) atoms. The molecule has 212 valence electrons. The lowest BCUT2D eigenvalue weighted by atomic mass is 9.47. The molecule has 4 heteroatoms. The molecule has 4 aliphatic carbocycles. The highest BCUT2D eigenvalue weighted by Crippen LogP contribution is 2.67. The molecule has 0 spiro atoms. The lowest BCUT2D eigenvalue weighted by Crippen LogP contribution is -2.50. The highest BCUT2D eigenvalue weighted by molar-refractivity contribution is 7.86. The molecule has 0 bridgehead atoms. The van der Waals surface area contributed by atoms with Crippen molar-refractivity contribution in [1.82, 2.24) is 0 Å². The number of fused-ring (bicyclic) bond motifs is 5. The number of rotatable bonds is 8. The zero-order chi connectivity index (χ0) is 27.3. The first-order valence-electron chi connectivity index (χ1n) is 15.6. The minimum Gasteiger partial charge on any atom is -0.263 e. The quantitative estimate of drug-likeness (QED) is 0.244. The molecule has 0 amide bonds. The van der Waals surface area contributed by atoms with Gasteiger partial charge in [-0.25, -0.2) is 0 Å². The molecular formula is C34H52O3S. The molecule has 0 aliphatic heterocycles. The summed E-state index contributed by atoms with van der Waals surface area (Å²) < 4.78 is 31.8. The number of allylic oxidation sites excluding steroid dienone is 2. The van der Waals surface area contributed by atoms with Crippen molar-refractivity contribution in [2.75, 3.05) is 0 Å². The lowest BCUT2D eigenvalue weighted by molar-refractivity contribution is -0.0355. The third kappa shape index (κ3) is 5.18. The van der Waals surface area contributed by atoms with Crippen LogP contribution in [-0.2, 0) is 14.3 Å². The maximum absolute atomic E-state index is 13.0. The fourth-order valence-electron chi connectivity index (χ4n) is 9.52. The Morgan fingerprint density at radius 1 is 0.921 bits per heavy atom. The normalized spacial score (nSPS) is 37.8. The lowest BCUT2D eigenvalue weighted by Gasteiger charge is -2.58. The Hall–Kier alpha value is -1.13. The number of hydrogen-bond donors (Lipinski definition) is 0. The summed E-state index contributed by atoms with van der Waals surface area (Å²) in [6.07, 6.45) is 15.9. The van der Waals surface area contributed by atoms with Crippen molar-refractivity contribution in [3.8, 4) is 0 Å². The van der Waals surface area contributed by atoms with E-state index >= 15 is 0 Å². The van der Waals surface area contributed by atoms with E-state index in [0.717, 1.165) is 54.9 Å². The highest BCUT2D eigenvalue weighted by atomic mass is 32.2. The Labute approximate surface area is 233 Å². The molecule has 4 aliphatic rings. The molecule has 3 fully saturated rings. The Kier molecular flexibility index (Phi) is 7.99. The largest absolute Gasteiger partial charge is 0.297 e. The van der Waals surface area contributed by atoms with Crippen LogP contribution in [0.5, 0.6) is 0 Å². The first-order valence-corrected chi connectivity index (χ1v) is 17.0. The topological polar surface area (TPSA) is 43.4 Å². The molecule has 0 saturated heterocycles. The zero-order valence-corrected chi connectivity index (χ0v) is 25.7. The second-order valence-corrected chi connectivity index (χ2v) is 16.1. The molecule has 8 atom stereocenters. The predicted octanol–water partition coefficient (Wildman–Crippen LogP) is 9.11. The molecular weight excluding hydrogens is 488 g/mol. The zero-order valence-electron chi connectivity index (χ0n) is 24.8. The molecule has 0 N–H and O–H groups in total. The summed E-state index contributed by atoms with van der Waals surface area (Å²) in [6.45, 7) is 14.4. The maximum atomic E-state index is 13.0. The van der Waals surface area contributed by atoms with E-state index in [1.54, 1.807) is 17.7 Å². The van der Waals surface area contributed by atoms with E-state index in [-0.39, 0.29) is 16.4 Å². The minimum absolute atomic E-state index is 0.203. The van der Waals surface area contributed by atoms with Gasteiger partial charge in [0.15, 0.2) is 0 Å². The van der Waals surface area contributed by atoms with Crippen LogP contribution < -0.4 is 0 Å². The van der Waals surface area contributed by atoms with E-state index in [9.17, 15) is 8.42 Å². The van der Waals surface area contributed by atoms with Crippen molar-refractivity contribution in [2.45, 2.75) is 123 Å². The van der Waals surface area contributed by atoms with Crippen LogP contribution in [0.2, 0.25) is 0 Å². The summed E-state index contributed by atoms with van der Waals surface area (Å²) in [5.74, 6) is 4.45. The summed E-state index contributed by atoms with van der Waals surface area (Å²) in [5, 5.41) is 0. The summed E-state index contributed by atoms with van der Waals surface area (Å²) in [4.78, 5) is 0.281. The van der Waals surface area contributed by atoms with E-state index in [0.29, 0.717) is 17.3 Å². The van der Waals surface area contributed by atoms with Gasteiger partial charge in [0.1, 0.15) is 0 Å². The van der Waals surface area contributed by atoms with Gasteiger partial charge in [-0.05, 0) is 117 Å². The molecule has 0 aromatic heterocycles. The molecule has 5 rings (SSSR count). The molecule has 6 unspecified atom stereocenters. The standard InChI is InChI=1S/C34H52O3S/c1-23(2)8-7-9-25(4)30-16-17-31-29-15-12-26-22-27(37-38(35,36)28-13-10-24(3)11-14-28)18-20-33(26,5)32(29)19-21-34(30,31)6/h10-11,13-15,23,25-27,30-32H,7-9,12,16-22H2,1-6H3/t25-,26+,27?,30?,31?,32?,33?,34?/m1/s1. The van der Waals surface area contributed by atoms with Crippen molar-refractivity contribution in [3.63, 3.8) is 0 Å². The van der Waals surface area contributed by atoms with E-state index in [4.69, 9.17) is 4.18 Å². The van der Waals surface area contributed by atoms with Crippen molar-refractivity contribution < 1.29 is 12.6 Å². The predicted molar refractivity (Wildman–Crippen MR) is 156 cm³/mol. The molecule has 3 nitrogen and oxygen atoms in total. The van der Waals surface area contributed by atoms with Crippen molar-refractivity contribution in [1.29, 1.82) is 0 Å². The van der Waals surface area contributed by atoms with Gasteiger partial charge < -0.3 is 0 Å². The third-order valence-electron chi connectivity index (χ3n) is 11.8. The van der Waals surface area contributed by atoms with Gasteiger partial charge in [-0.3, -0.25) is 4.18 Å². The highest BCUT2D eigenvalue weighted by Gasteiger charge is 2.58. The fraction of sp³-hybridized carbons (Fsp3) is 0.765. The molecule has 0 heterocycles. The molecule has 1 aromatic rings. The Morgan fingerprint density at radius 2 is 1.61 bits per heavy atom. The van der Waals surface area contributed by atoms with Crippen LogP contribution in [0.3, 0.4) is 0 Å². The first kappa shape index (κ1) is 28.4. The van der Waals surface area contributed by atoms with Crippen molar-refractivity contribution in [2.24, 2.45) is 46.3 Å². The van der Waals surface area contributed by atoms with Crippen LogP contribution in [0.4, 0.5) is 0 Å². The SMILES string of the molecule is Cc1ccc(S(=O)(=O)OC2CCC3(C)C4CCC5(C)C(CCC5[C@H](C)CCCC(C)C)C4=CC[C@H]3C2)cc1. The molecule has 0 radical (unpaired) electrons. The van der Waals surface area contributed by atoms with Gasteiger partial charge in [0.2, 0.25) is 0 Å². The van der Waals surface area contributed by atoms with E-state index in [1.807, 2.05) is 19.1 Å². The third-order valence-corrected chi connectivity index (χ3v) is 13.2. The van der Waals surface area contributed by atoms with Crippen LogP contribution >= 0.6 is 0 Å². The van der Waals surface area contributed by atoms with Crippen LogP contribution in [0.15, 0.2) is 40.8 Å². The maximum Gasteiger partial charge on any atom is 0.297 e. The number of hydrogen-bond acceptors (Lipinski definition) is 3. The van der Waals surface area contributed by atoms with Crippen LogP contribution in [0.25, 0.3) is 0 Å². The second kappa shape index (κ2) is 10.7. The average Bonchev–Trinajstić information content (AvgIpc) is 3.21. The van der Waals surface area contributed by atoms with Gasteiger partial charge in [-0.1, -0.05) is 83.2 Å². The molecule has 1 aromatic carbocycles. The second-order valence-electron chi connectivity index (χ2n) is 14.5. The molecule has 3 saturated carbocycles. The van der Waals surface area contributed by atoms with Gasteiger partial charge in [-0.2, -0.15) is 8.42 Å². The average molecular weight is 541 g/mol. The summed E-state index contributed by atoms with van der Waals surface area (Å²) >= 11 is 0. The van der Waals surface area contributed by atoms with Crippen LogP contribution in [0.1, 0.15) is 111 Å². The van der Waals surface area contributed by atoms with Gasteiger partial charge >= 0.3 is 0 Å². The smallest absolute Gasteiger partial charge is 0.263 e. The van der Waals surface area contributed by atoms with Gasteiger partial charge in [0, 0.05) is 0 Å². The summed E-state index contributed by atoms with van der Waals surface area (Å²) in [7, 11) is -3.72. The number of aryl methyl sites for hydroxylation is 1. The Morgan fingerprint density at radius 3 is 2.32 bits per heavy atom. The Balaban J connectivity index is 1.27. The van der Waals surface area contributed by atoms with Crippen LogP contribution in [-0.4, -0.2) is 14.5 Å². The van der Waals surface area contributed by atoms with Gasteiger partial charge in [-0.15, -0.1) is 0 Å². The van der Waals surface area contributed by atoms with Gasteiger partial charge in [0.05, 0.1) is 11.0 Å². The summed E-state index contributed by atoms with van der Waals surface area (Å²) in [6, 6.07) is 7.04. The fourth-order valence-corrected chi connectivity index (χ4v) is 10.6. The number of benzene rings is 1. The van der Waals surface area contributed by atoms with E-state index < -0.39 is 10.1 Å². The van der Waals surface area contributed by atoms with Gasteiger partial charge in [0.25, 0.3) is 10.1 Å². The Bertz CT molecular complexity index is 1120. The minimum atomic E-state index is -3.72. The van der Waals surface area contributed by atoms with Crippen molar-refractivity contribution >= 4 is 10.1 Å². The van der Waals surface area contributed by atoms with E-state index in [2.05, 4.69) is 40.7 Å². The van der Waals surface area contributed by atoms with Crippen LogP contribution in [0, 0.1) is 53.3 Å². The van der Waals surface area contributed by atoms with E-state index in [1.165, 1.54) is 44.9 Å². The first-order chi connectivity index (χ1) is 17.9. The summed E-state index contributed by atoms with van der Waals surface area (Å²) in [5.41, 5.74) is 3.59. The van der Waals surface area contributed by atoms with Crippen molar-refractivity contribution in [3.05, 3.63) is 41.5 Å². The monoisotopic (exact) mass is 540 g/mol.